The Morgan fingerprint density at radius 1 is 1.32 bits per heavy atom. The molecular weight excluding hydrogens is 242 g/mol. The third kappa shape index (κ3) is 2.06. The maximum Gasteiger partial charge on any atom is 0.325 e. The zero-order valence-electron chi connectivity index (χ0n) is 10.7. The van der Waals surface area contributed by atoms with Gasteiger partial charge in [-0.25, -0.2) is 4.79 Å². The number of nitriles is 1. The molecule has 1 heterocycles. The number of benzene rings is 1. The van der Waals surface area contributed by atoms with Crippen LogP contribution < -0.4 is 5.32 Å². The van der Waals surface area contributed by atoms with Gasteiger partial charge in [-0.3, -0.25) is 9.69 Å². The number of nitrogens with zero attached hydrogens (tertiary/aromatic N) is 2. The van der Waals surface area contributed by atoms with Crippen LogP contribution >= 0.6 is 0 Å². The van der Waals surface area contributed by atoms with E-state index in [9.17, 15) is 9.59 Å². The fourth-order valence-corrected chi connectivity index (χ4v) is 2.35. The molecule has 0 aromatic heterocycles. The van der Waals surface area contributed by atoms with Gasteiger partial charge in [0.2, 0.25) is 0 Å². The smallest absolute Gasteiger partial charge is 0.319 e. The first-order valence-corrected chi connectivity index (χ1v) is 6.22. The second-order valence-electron chi connectivity index (χ2n) is 4.42. The normalized spacial score (nSPS) is 22.2. The summed E-state index contributed by atoms with van der Waals surface area (Å²) in [4.78, 5) is 25.6. The van der Waals surface area contributed by atoms with Crippen molar-refractivity contribution in [3.05, 3.63) is 35.9 Å². The van der Waals surface area contributed by atoms with E-state index in [1.54, 1.807) is 0 Å². The molecule has 3 amide bonds. The van der Waals surface area contributed by atoms with Crippen molar-refractivity contribution in [2.45, 2.75) is 25.3 Å². The first-order valence-electron chi connectivity index (χ1n) is 6.22. The lowest BCUT2D eigenvalue weighted by molar-refractivity contribution is -0.131. The van der Waals surface area contributed by atoms with E-state index in [0.29, 0.717) is 6.42 Å². The zero-order valence-corrected chi connectivity index (χ0v) is 10.7. The monoisotopic (exact) mass is 257 g/mol. The van der Waals surface area contributed by atoms with Crippen LogP contribution in [0.2, 0.25) is 0 Å². The van der Waals surface area contributed by atoms with Crippen LogP contribution in [0, 0.1) is 11.3 Å². The molecule has 2 rings (SSSR count). The Balaban J connectivity index is 2.36. The van der Waals surface area contributed by atoms with Gasteiger partial charge in [0, 0.05) is 6.54 Å². The van der Waals surface area contributed by atoms with E-state index in [0.717, 1.165) is 10.5 Å². The highest BCUT2D eigenvalue weighted by atomic mass is 16.2. The highest BCUT2D eigenvalue weighted by Gasteiger charge is 2.50. The van der Waals surface area contributed by atoms with Gasteiger partial charge in [0.1, 0.15) is 5.54 Å². The summed E-state index contributed by atoms with van der Waals surface area (Å²) in [6.45, 7) is 1.99. The Hall–Kier alpha value is -2.35. The van der Waals surface area contributed by atoms with Crippen molar-refractivity contribution < 1.29 is 9.59 Å². The number of nitrogens with one attached hydrogen (secondary N) is 1. The number of carbonyl (C=O) groups excluding carboxylic acids is 2. The average molecular weight is 257 g/mol. The van der Waals surface area contributed by atoms with Crippen molar-refractivity contribution in [1.82, 2.24) is 10.2 Å². The standard InChI is InChI=1S/C14H15N3O2/c1-2-14(11-7-4-3-5-8-11)12(18)17(10-6-9-15)13(19)16-14/h3-5,7-8H,2,6,10H2,1H3,(H,16,19). The summed E-state index contributed by atoms with van der Waals surface area (Å²) in [6, 6.07) is 10.7. The Labute approximate surface area is 111 Å². The van der Waals surface area contributed by atoms with Gasteiger partial charge < -0.3 is 5.32 Å². The molecule has 1 atom stereocenters. The van der Waals surface area contributed by atoms with Crippen molar-refractivity contribution in [3.63, 3.8) is 0 Å². The van der Waals surface area contributed by atoms with Crippen molar-refractivity contribution in [2.24, 2.45) is 0 Å². The van der Waals surface area contributed by atoms with E-state index < -0.39 is 11.6 Å². The molecule has 98 valence electrons. The summed E-state index contributed by atoms with van der Waals surface area (Å²) in [5, 5.41) is 11.4. The third-order valence-electron chi connectivity index (χ3n) is 3.42. The minimum absolute atomic E-state index is 0.135. The molecule has 1 N–H and O–H groups in total. The number of carbonyl (C=O) groups is 2. The average Bonchev–Trinajstić information content (AvgIpc) is 2.70. The third-order valence-corrected chi connectivity index (χ3v) is 3.42. The summed E-state index contributed by atoms with van der Waals surface area (Å²) < 4.78 is 0. The van der Waals surface area contributed by atoms with Crippen LogP contribution in [0.4, 0.5) is 4.79 Å². The van der Waals surface area contributed by atoms with Crippen LogP contribution in [0.5, 0.6) is 0 Å². The molecule has 1 aromatic carbocycles. The summed E-state index contributed by atoms with van der Waals surface area (Å²) in [5.41, 5.74) is -0.219. The number of urea groups is 1. The molecule has 19 heavy (non-hydrogen) atoms. The van der Waals surface area contributed by atoms with Gasteiger partial charge in [-0.05, 0) is 12.0 Å². The van der Waals surface area contributed by atoms with E-state index in [2.05, 4.69) is 5.32 Å². The lowest BCUT2D eigenvalue weighted by atomic mass is 9.87. The number of amides is 3. The van der Waals surface area contributed by atoms with Crippen molar-refractivity contribution >= 4 is 11.9 Å². The van der Waals surface area contributed by atoms with Crippen LogP contribution in [0.1, 0.15) is 25.3 Å². The topological polar surface area (TPSA) is 73.2 Å². The molecular formula is C14H15N3O2. The molecule has 1 saturated heterocycles. The molecule has 0 aliphatic carbocycles. The predicted molar refractivity (Wildman–Crippen MR) is 68.9 cm³/mol. The first kappa shape index (κ1) is 13.1. The lowest BCUT2D eigenvalue weighted by Gasteiger charge is -2.25. The van der Waals surface area contributed by atoms with Crippen molar-refractivity contribution in [2.75, 3.05) is 6.54 Å². The van der Waals surface area contributed by atoms with E-state index in [1.807, 2.05) is 43.3 Å². The van der Waals surface area contributed by atoms with E-state index in [4.69, 9.17) is 5.26 Å². The summed E-state index contributed by atoms with van der Waals surface area (Å²) in [5.74, 6) is -0.276. The zero-order chi connectivity index (χ0) is 13.9. The highest BCUT2D eigenvalue weighted by Crippen LogP contribution is 2.32. The first-order chi connectivity index (χ1) is 9.15. The van der Waals surface area contributed by atoms with Gasteiger partial charge in [0.05, 0.1) is 12.5 Å². The van der Waals surface area contributed by atoms with Gasteiger partial charge in [0.25, 0.3) is 5.91 Å². The van der Waals surface area contributed by atoms with Crippen LogP contribution in [0.15, 0.2) is 30.3 Å². The highest BCUT2D eigenvalue weighted by molar-refractivity contribution is 6.07. The minimum atomic E-state index is -0.992. The number of rotatable bonds is 4. The van der Waals surface area contributed by atoms with Gasteiger partial charge >= 0.3 is 6.03 Å². The summed E-state index contributed by atoms with van der Waals surface area (Å²) in [6.07, 6.45) is 0.623. The molecule has 1 aliphatic heterocycles. The number of hydrogen-bond acceptors (Lipinski definition) is 3. The Bertz CT molecular complexity index is 535. The lowest BCUT2D eigenvalue weighted by Crippen LogP contribution is -2.43. The summed E-state index contributed by atoms with van der Waals surface area (Å²) >= 11 is 0. The van der Waals surface area contributed by atoms with Crippen LogP contribution in [-0.2, 0) is 10.3 Å². The molecule has 0 radical (unpaired) electrons. The Morgan fingerprint density at radius 2 is 2.00 bits per heavy atom. The quantitative estimate of drug-likeness (QED) is 0.835. The minimum Gasteiger partial charge on any atom is -0.319 e. The second kappa shape index (κ2) is 5.11. The molecule has 1 fully saturated rings. The molecule has 0 saturated carbocycles. The van der Waals surface area contributed by atoms with E-state index in [-0.39, 0.29) is 18.9 Å². The molecule has 5 heteroatoms. The maximum absolute atomic E-state index is 12.5. The van der Waals surface area contributed by atoms with Crippen molar-refractivity contribution in [3.8, 4) is 6.07 Å². The van der Waals surface area contributed by atoms with Crippen LogP contribution in [0.3, 0.4) is 0 Å². The van der Waals surface area contributed by atoms with Crippen LogP contribution in [-0.4, -0.2) is 23.4 Å². The fraction of sp³-hybridized carbons (Fsp3) is 0.357. The molecule has 1 unspecified atom stereocenters. The fourth-order valence-electron chi connectivity index (χ4n) is 2.35. The Kier molecular flexibility index (Phi) is 3.52. The molecule has 1 aliphatic rings. The van der Waals surface area contributed by atoms with Crippen LogP contribution in [0.25, 0.3) is 0 Å². The van der Waals surface area contributed by atoms with E-state index >= 15 is 0 Å². The van der Waals surface area contributed by atoms with Gasteiger partial charge in [-0.1, -0.05) is 37.3 Å². The van der Waals surface area contributed by atoms with Gasteiger partial charge in [-0.2, -0.15) is 5.26 Å². The second-order valence-corrected chi connectivity index (χ2v) is 4.42. The van der Waals surface area contributed by atoms with Crippen molar-refractivity contribution in [1.29, 1.82) is 5.26 Å². The summed E-state index contributed by atoms with van der Waals surface area (Å²) in [7, 11) is 0. The number of imide groups is 1. The molecule has 0 spiro atoms. The molecule has 5 nitrogen and oxygen atoms in total. The SMILES string of the molecule is CCC1(c2ccccc2)NC(=O)N(CCC#N)C1=O. The predicted octanol–water partition coefficient (Wildman–Crippen LogP) is 1.76. The van der Waals surface area contributed by atoms with Gasteiger partial charge in [0.15, 0.2) is 0 Å². The van der Waals surface area contributed by atoms with Gasteiger partial charge in [-0.15, -0.1) is 0 Å². The Morgan fingerprint density at radius 3 is 2.58 bits per heavy atom. The van der Waals surface area contributed by atoms with E-state index in [1.165, 1.54) is 0 Å². The molecule has 1 aromatic rings. The molecule has 0 bridgehead atoms. The maximum atomic E-state index is 12.5. The number of hydrogen-bond donors (Lipinski definition) is 1. The largest absolute Gasteiger partial charge is 0.325 e.